The van der Waals surface area contributed by atoms with Gasteiger partial charge in [0, 0.05) is 12.3 Å². The van der Waals surface area contributed by atoms with Gasteiger partial charge >= 0.3 is 0 Å². The third kappa shape index (κ3) is 3.59. The Balaban J connectivity index is 0.000000980. The fraction of sp³-hybridized carbons (Fsp3) is 0.455. The minimum Gasteiger partial charge on any atom is -0.382 e. The van der Waals surface area contributed by atoms with Gasteiger partial charge in [0.15, 0.2) is 17.4 Å². The molecule has 76 valence electrons. The predicted octanol–water partition coefficient (Wildman–Crippen LogP) is -0.177. The summed E-state index contributed by atoms with van der Waals surface area (Å²) < 4.78 is 5.74. The quantitative estimate of drug-likeness (QED) is 0.631. The van der Waals surface area contributed by atoms with Crippen LogP contribution in [0.1, 0.15) is 19.3 Å². The van der Waals surface area contributed by atoms with Crippen molar-refractivity contribution in [1.29, 1.82) is 0 Å². The largest absolute Gasteiger partial charge is 0.382 e. The van der Waals surface area contributed by atoms with Crippen LogP contribution in [0.5, 0.6) is 0 Å². The van der Waals surface area contributed by atoms with E-state index in [2.05, 4.69) is 30.3 Å². The van der Waals surface area contributed by atoms with Crippen LogP contribution in [-0.2, 0) is 4.74 Å². The summed E-state index contributed by atoms with van der Waals surface area (Å²) in [5, 5.41) is 1.54. The zero-order valence-electron chi connectivity index (χ0n) is 7.91. The van der Waals surface area contributed by atoms with E-state index in [1.165, 1.54) is 24.4 Å². The summed E-state index contributed by atoms with van der Waals surface area (Å²) in [7, 11) is -0.179. The van der Waals surface area contributed by atoms with Gasteiger partial charge < -0.3 is 4.74 Å². The summed E-state index contributed by atoms with van der Waals surface area (Å²) in [6, 6.07) is 10.8. The molecule has 0 radical (unpaired) electrons. The first-order valence-corrected chi connectivity index (χ1v) is 6.63. The van der Waals surface area contributed by atoms with Crippen molar-refractivity contribution in [3.05, 3.63) is 30.3 Å². The molecule has 1 atom stereocenters. The summed E-state index contributed by atoms with van der Waals surface area (Å²) in [4.78, 5) is 0. The molecule has 0 amide bonds. The lowest BCUT2D eigenvalue weighted by Gasteiger charge is -2.22. The number of rotatable bonds is 2. The van der Waals surface area contributed by atoms with E-state index in [4.69, 9.17) is 4.74 Å². The molecule has 1 nitrogen and oxygen atoms in total. The highest BCUT2D eigenvalue weighted by molar-refractivity contribution is 6.54. The minimum absolute atomic E-state index is 0. The van der Waals surface area contributed by atoms with Gasteiger partial charge in [-0.1, -0.05) is 35.5 Å². The van der Waals surface area contributed by atoms with E-state index in [9.17, 15) is 0 Å². The predicted molar refractivity (Wildman–Crippen MR) is 68.2 cm³/mol. The maximum Gasteiger partial charge on any atom is 0.187 e. The summed E-state index contributed by atoms with van der Waals surface area (Å²) in [6.45, 7) is 0.991. The van der Waals surface area contributed by atoms with Crippen molar-refractivity contribution in [3.63, 3.8) is 0 Å². The Kier molecular flexibility index (Phi) is 5.50. The van der Waals surface area contributed by atoms with Crippen molar-refractivity contribution in [1.82, 2.24) is 0 Å². The second kappa shape index (κ2) is 6.42. The van der Waals surface area contributed by atoms with Crippen LogP contribution in [0.2, 0.25) is 0 Å². The van der Waals surface area contributed by atoms with Crippen LogP contribution in [0.4, 0.5) is 0 Å². The van der Waals surface area contributed by atoms with Crippen LogP contribution in [0, 0.1) is 0 Å². The van der Waals surface area contributed by atoms with E-state index in [1.807, 2.05) is 0 Å². The molecule has 0 aliphatic carbocycles. The lowest BCUT2D eigenvalue weighted by atomic mass is 10.2. The molecule has 1 aromatic rings. The Labute approximate surface area is 98.8 Å². The van der Waals surface area contributed by atoms with Crippen LogP contribution < -0.4 is 5.19 Å². The lowest BCUT2D eigenvalue weighted by molar-refractivity contribution is 0.0660. The number of hydrogen-bond acceptors (Lipinski definition) is 1. The molecule has 0 saturated carbocycles. The van der Waals surface area contributed by atoms with E-state index in [0.29, 0.717) is 5.73 Å². The highest BCUT2D eigenvalue weighted by Gasteiger charge is 2.14. The highest BCUT2D eigenvalue weighted by Crippen LogP contribution is 2.11. The first kappa shape index (κ1) is 12.0. The van der Waals surface area contributed by atoms with Gasteiger partial charge in [-0.25, -0.2) is 0 Å². The van der Waals surface area contributed by atoms with Crippen molar-refractivity contribution in [2.75, 3.05) is 6.61 Å². The SMILES string of the molecule is [AlH3].c1ccc([SiH2]C2CCCCO2)cc1. The maximum atomic E-state index is 5.74. The van der Waals surface area contributed by atoms with Crippen molar-refractivity contribution in [3.8, 4) is 0 Å². The third-order valence-corrected chi connectivity index (χ3v) is 4.62. The first-order valence-electron chi connectivity index (χ1n) is 5.11. The first-order chi connectivity index (χ1) is 6.45. The minimum atomic E-state index is -0.179. The molecule has 1 fully saturated rings. The molecule has 1 aliphatic heterocycles. The highest BCUT2D eigenvalue weighted by atomic mass is 28.2. The molecular formula is C11H19AlOSi. The zero-order chi connectivity index (χ0) is 8.93. The second-order valence-corrected chi connectivity index (χ2v) is 5.81. The fourth-order valence-corrected chi connectivity index (χ4v) is 3.69. The van der Waals surface area contributed by atoms with Crippen LogP contribution in [-0.4, -0.2) is 39.2 Å². The van der Waals surface area contributed by atoms with Crippen molar-refractivity contribution in [2.24, 2.45) is 0 Å². The average Bonchev–Trinajstić information content (AvgIpc) is 2.21. The molecule has 14 heavy (non-hydrogen) atoms. The smallest absolute Gasteiger partial charge is 0.187 e. The summed E-state index contributed by atoms with van der Waals surface area (Å²) in [5.41, 5.74) is 0.608. The topological polar surface area (TPSA) is 9.23 Å². The van der Waals surface area contributed by atoms with Crippen LogP contribution >= 0.6 is 0 Å². The Bertz CT molecular complexity index is 247. The molecular weight excluding hydrogens is 203 g/mol. The number of benzene rings is 1. The number of hydrogen-bond donors (Lipinski definition) is 0. The van der Waals surface area contributed by atoms with E-state index in [0.717, 1.165) is 6.61 Å². The molecule has 0 N–H and O–H groups in total. The van der Waals surface area contributed by atoms with Crippen molar-refractivity contribution < 1.29 is 4.74 Å². The molecule has 1 aliphatic rings. The van der Waals surface area contributed by atoms with E-state index >= 15 is 0 Å². The van der Waals surface area contributed by atoms with Gasteiger partial charge in [-0.05, 0) is 19.3 Å². The lowest BCUT2D eigenvalue weighted by Crippen LogP contribution is -2.32. The molecule has 1 unspecified atom stereocenters. The molecule has 3 heteroatoms. The van der Waals surface area contributed by atoms with E-state index in [1.54, 1.807) is 0 Å². The van der Waals surface area contributed by atoms with Gasteiger partial charge in [0.1, 0.15) is 0 Å². The second-order valence-electron chi connectivity index (χ2n) is 3.68. The van der Waals surface area contributed by atoms with Crippen LogP contribution in [0.15, 0.2) is 30.3 Å². The van der Waals surface area contributed by atoms with Gasteiger partial charge in [-0.2, -0.15) is 0 Å². The normalized spacial score (nSPS) is 22.1. The number of ether oxygens (including phenoxy) is 1. The summed E-state index contributed by atoms with van der Waals surface area (Å²) in [6.07, 6.45) is 3.92. The van der Waals surface area contributed by atoms with Gasteiger partial charge in [0.2, 0.25) is 0 Å². The Morgan fingerprint density at radius 3 is 2.57 bits per heavy atom. The van der Waals surface area contributed by atoms with Crippen LogP contribution in [0.3, 0.4) is 0 Å². The Hall–Kier alpha value is -0.0706. The van der Waals surface area contributed by atoms with E-state index < -0.39 is 0 Å². The molecule has 1 heterocycles. The van der Waals surface area contributed by atoms with E-state index in [-0.39, 0.29) is 26.9 Å². The average molecular weight is 222 g/mol. The molecule has 1 saturated heterocycles. The molecule has 0 bridgehead atoms. The van der Waals surface area contributed by atoms with Gasteiger partial charge in [-0.15, -0.1) is 0 Å². The summed E-state index contributed by atoms with van der Waals surface area (Å²) in [5.74, 6) is 0. The van der Waals surface area contributed by atoms with Gasteiger partial charge in [0.05, 0.1) is 9.52 Å². The Morgan fingerprint density at radius 2 is 1.93 bits per heavy atom. The summed E-state index contributed by atoms with van der Waals surface area (Å²) >= 11 is 0. The molecule has 1 aromatic carbocycles. The third-order valence-electron chi connectivity index (χ3n) is 2.58. The van der Waals surface area contributed by atoms with Crippen molar-refractivity contribution >= 4 is 32.1 Å². The maximum absolute atomic E-state index is 5.74. The molecule has 0 aromatic heterocycles. The van der Waals surface area contributed by atoms with Crippen molar-refractivity contribution in [2.45, 2.75) is 25.0 Å². The van der Waals surface area contributed by atoms with Crippen LogP contribution in [0.25, 0.3) is 0 Å². The molecule has 2 rings (SSSR count). The van der Waals surface area contributed by atoms with Gasteiger partial charge in [0.25, 0.3) is 0 Å². The monoisotopic (exact) mass is 222 g/mol. The zero-order valence-corrected chi connectivity index (χ0v) is 9.32. The van der Waals surface area contributed by atoms with Gasteiger partial charge in [-0.3, -0.25) is 0 Å². The molecule has 0 spiro atoms. The standard InChI is InChI=1S/C11H16OSi.Al.3H/c1-2-6-10(7-3-1)13-11-8-4-5-9-12-11;;;;/h1-3,6-7,11H,4-5,8-9,13H2;;;;. The fourth-order valence-electron chi connectivity index (χ4n) is 1.85. The Morgan fingerprint density at radius 1 is 1.14 bits per heavy atom.